The lowest BCUT2D eigenvalue weighted by Crippen LogP contribution is -2.53. The van der Waals surface area contributed by atoms with Crippen LogP contribution in [0.1, 0.15) is 11.1 Å². The number of hydrogen-bond donors (Lipinski definition) is 2. The van der Waals surface area contributed by atoms with Gasteiger partial charge in [0.2, 0.25) is 0 Å². The van der Waals surface area contributed by atoms with E-state index in [0.29, 0.717) is 5.02 Å². The number of carboxylic acids is 1. The number of aliphatic hydroxyl groups excluding tert-OH is 1. The van der Waals surface area contributed by atoms with E-state index in [1.807, 2.05) is 0 Å². The third kappa shape index (κ3) is 3.28. The summed E-state index contributed by atoms with van der Waals surface area (Å²) in [6, 6.07) is 12.2. The van der Waals surface area contributed by atoms with Gasteiger partial charge in [-0.05, 0) is 30.3 Å². The molecule has 0 aliphatic carbocycles. The Hall–Kier alpha value is -3.69. The monoisotopic (exact) mass is 470 g/mol. The number of Topliss-reactive ketones (excluding diaryl/α,β-unsaturated/α-hetero) is 1. The molecule has 0 radical (unpaired) electrons. The summed E-state index contributed by atoms with van der Waals surface area (Å²) in [5.74, 6) is -4.72. The molecule has 2 amide bonds. The molecule has 2 aromatic carbocycles. The van der Waals surface area contributed by atoms with Crippen LogP contribution in [-0.4, -0.2) is 65.5 Å². The number of hydrogen-bond acceptors (Lipinski definition) is 6. The van der Waals surface area contributed by atoms with E-state index in [1.54, 1.807) is 12.1 Å². The molecule has 1 unspecified atom stereocenters. The standard InChI is InChI=1S/C23H19ClN2O7/c1-33-11-10-26-21(31)20(30)18(19(29)13-6-8-14(24)9-7-13)23(26)15-4-2-3-5-16(15)25(22(23)32)12-17(27)28/h2-9,29H,10-12H2,1H3,(H,27,28). The van der Waals surface area contributed by atoms with Gasteiger partial charge < -0.3 is 19.8 Å². The lowest BCUT2D eigenvalue weighted by Gasteiger charge is -2.34. The molecule has 33 heavy (non-hydrogen) atoms. The summed E-state index contributed by atoms with van der Waals surface area (Å²) in [6.07, 6.45) is 0. The number of halogens is 1. The number of likely N-dealkylation sites (tertiary alicyclic amines) is 1. The highest BCUT2D eigenvalue weighted by molar-refractivity contribution is 6.50. The Kier molecular flexibility index (Phi) is 5.69. The van der Waals surface area contributed by atoms with Gasteiger partial charge in [-0.2, -0.15) is 0 Å². The number of nitrogens with zero attached hydrogens (tertiary/aromatic N) is 2. The van der Waals surface area contributed by atoms with Crippen molar-refractivity contribution < 1.29 is 34.1 Å². The maximum absolute atomic E-state index is 13.9. The summed E-state index contributed by atoms with van der Waals surface area (Å²) >= 11 is 5.93. The van der Waals surface area contributed by atoms with Crippen LogP contribution in [0.15, 0.2) is 54.1 Å². The number of ether oxygens (including phenoxy) is 1. The van der Waals surface area contributed by atoms with E-state index in [9.17, 15) is 29.4 Å². The molecule has 0 saturated carbocycles. The molecule has 2 aromatic rings. The molecule has 10 heteroatoms. The number of methoxy groups -OCH3 is 1. The van der Waals surface area contributed by atoms with Crippen molar-refractivity contribution in [3.05, 3.63) is 70.3 Å². The van der Waals surface area contributed by atoms with E-state index < -0.39 is 47.0 Å². The molecule has 2 aliphatic heterocycles. The minimum atomic E-state index is -2.04. The smallest absolute Gasteiger partial charge is 0.323 e. The number of carbonyl (C=O) groups excluding carboxylic acids is 3. The molecule has 2 N–H and O–H groups in total. The number of benzene rings is 2. The van der Waals surface area contributed by atoms with Crippen LogP contribution in [0.5, 0.6) is 0 Å². The number of ketones is 1. The molecule has 9 nitrogen and oxygen atoms in total. The quantitative estimate of drug-likeness (QED) is 0.376. The Balaban J connectivity index is 2.05. The highest BCUT2D eigenvalue weighted by Gasteiger charge is 2.67. The van der Waals surface area contributed by atoms with Crippen molar-refractivity contribution in [1.29, 1.82) is 0 Å². The zero-order valence-electron chi connectivity index (χ0n) is 17.4. The van der Waals surface area contributed by atoms with Crippen LogP contribution in [-0.2, 0) is 29.5 Å². The summed E-state index contributed by atoms with van der Waals surface area (Å²) in [5, 5.41) is 21.0. The van der Waals surface area contributed by atoms with Crippen LogP contribution >= 0.6 is 11.6 Å². The summed E-state index contributed by atoms with van der Waals surface area (Å²) in [5.41, 5.74) is -1.84. The Morgan fingerprint density at radius 1 is 1.06 bits per heavy atom. The van der Waals surface area contributed by atoms with E-state index in [0.717, 1.165) is 9.80 Å². The molecular formula is C23H19ClN2O7. The molecule has 1 fully saturated rings. The number of carboxylic acid groups (broad SMARTS) is 1. The van der Waals surface area contributed by atoms with Crippen molar-refractivity contribution in [3.8, 4) is 0 Å². The van der Waals surface area contributed by atoms with Crippen molar-refractivity contribution in [2.45, 2.75) is 5.54 Å². The number of fused-ring (bicyclic) bond motifs is 2. The minimum absolute atomic E-state index is 0.00410. The third-order valence-corrected chi connectivity index (χ3v) is 5.99. The van der Waals surface area contributed by atoms with Crippen molar-refractivity contribution in [2.24, 2.45) is 0 Å². The number of anilines is 1. The maximum Gasteiger partial charge on any atom is 0.323 e. The largest absolute Gasteiger partial charge is 0.507 e. The number of carbonyl (C=O) groups is 4. The molecule has 1 saturated heterocycles. The highest BCUT2D eigenvalue weighted by Crippen LogP contribution is 2.53. The van der Waals surface area contributed by atoms with Gasteiger partial charge in [-0.3, -0.25) is 24.1 Å². The molecule has 1 spiro atoms. The van der Waals surface area contributed by atoms with Gasteiger partial charge in [0.05, 0.1) is 17.9 Å². The van der Waals surface area contributed by atoms with E-state index in [1.165, 1.54) is 43.5 Å². The van der Waals surface area contributed by atoms with Gasteiger partial charge in [0, 0.05) is 29.8 Å². The van der Waals surface area contributed by atoms with E-state index in [2.05, 4.69) is 0 Å². The molecule has 2 aliphatic rings. The zero-order valence-corrected chi connectivity index (χ0v) is 18.2. The van der Waals surface area contributed by atoms with Crippen molar-refractivity contribution in [1.82, 2.24) is 4.90 Å². The Morgan fingerprint density at radius 2 is 1.73 bits per heavy atom. The molecule has 0 aromatic heterocycles. The summed E-state index contributed by atoms with van der Waals surface area (Å²) in [7, 11) is 1.40. The van der Waals surface area contributed by atoms with Crippen LogP contribution in [0.25, 0.3) is 5.76 Å². The number of aliphatic carboxylic acids is 1. The topological polar surface area (TPSA) is 124 Å². The molecule has 1 atom stereocenters. The van der Waals surface area contributed by atoms with Gasteiger partial charge >= 0.3 is 5.97 Å². The third-order valence-electron chi connectivity index (χ3n) is 5.74. The lowest BCUT2D eigenvalue weighted by atomic mass is 9.82. The fraction of sp³-hybridized carbons (Fsp3) is 0.217. The van der Waals surface area contributed by atoms with E-state index in [-0.39, 0.29) is 30.0 Å². The number of rotatable bonds is 6. The Bertz CT molecular complexity index is 1210. The number of aliphatic hydroxyl groups is 1. The molecule has 0 bridgehead atoms. The predicted molar refractivity (Wildman–Crippen MR) is 118 cm³/mol. The molecule has 2 heterocycles. The van der Waals surface area contributed by atoms with Gasteiger partial charge in [0.15, 0.2) is 5.54 Å². The van der Waals surface area contributed by atoms with E-state index in [4.69, 9.17) is 16.3 Å². The average molecular weight is 471 g/mol. The number of amides is 2. The second-order valence-corrected chi connectivity index (χ2v) is 7.96. The first-order valence-electron chi connectivity index (χ1n) is 9.93. The van der Waals surface area contributed by atoms with Gasteiger partial charge in [-0.25, -0.2) is 0 Å². The predicted octanol–water partition coefficient (Wildman–Crippen LogP) is 1.99. The van der Waals surface area contributed by atoms with Crippen LogP contribution in [0, 0.1) is 0 Å². The van der Waals surface area contributed by atoms with Gasteiger partial charge in [-0.15, -0.1) is 0 Å². The first-order chi connectivity index (χ1) is 15.7. The number of para-hydroxylation sites is 1. The minimum Gasteiger partial charge on any atom is -0.507 e. The SMILES string of the molecule is COCCN1C(=O)C(=O)C(=C(O)c2ccc(Cl)cc2)C12C(=O)N(CC(=O)O)c1ccccc12. The fourth-order valence-electron chi connectivity index (χ4n) is 4.39. The molecule has 4 rings (SSSR count). The highest BCUT2D eigenvalue weighted by atomic mass is 35.5. The van der Waals surface area contributed by atoms with Crippen LogP contribution < -0.4 is 4.90 Å². The van der Waals surface area contributed by atoms with Gasteiger partial charge in [0.25, 0.3) is 17.6 Å². The molecular weight excluding hydrogens is 452 g/mol. The van der Waals surface area contributed by atoms with Crippen LogP contribution in [0.2, 0.25) is 5.02 Å². The summed E-state index contributed by atoms with van der Waals surface area (Å²) in [6.45, 7) is -0.823. The zero-order chi connectivity index (χ0) is 23.9. The van der Waals surface area contributed by atoms with E-state index >= 15 is 0 Å². The fourth-order valence-corrected chi connectivity index (χ4v) is 4.52. The van der Waals surface area contributed by atoms with Crippen LogP contribution in [0.3, 0.4) is 0 Å². The van der Waals surface area contributed by atoms with Gasteiger partial charge in [0.1, 0.15) is 12.3 Å². The van der Waals surface area contributed by atoms with Crippen molar-refractivity contribution in [3.63, 3.8) is 0 Å². The Morgan fingerprint density at radius 3 is 2.36 bits per heavy atom. The second kappa shape index (κ2) is 8.34. The first kappa shape index (κ1) is 22.5. The van der Waals surface area contributed by atoms with Crippen LogP contribution in [0.4, 0.5) is 5.69 Å². The first-order valence-corrected chi connectivity index (χ1v) is 10.3. The average Bonchev–Trinajstić information content (AvgIpc) is 3.16. The normalized spacial score (nSPS) is 21.2. The van der Waals surface area contributed by atoms with Gasteiger partial charge in [-0.1, -0.05) is 29.8 Å². The summed E-state index contributed by atoms with van der Waals surface area (Å²) < 4.78 is 5.08. The lowest BCUT2D eigenvalue weighted by molar-refractivity contribution is -0.144. The maximum atomic E-state index is 13.9. The second-order valence-electron chi connectivity index (χ2n) is 7.52. The molecule has 170 valence electrons. The van der Waals surface area contributed by atoms with Crippen molar-refractivity contribution in [2.75, 3.05) is 31.7 Å². The van der Waals surface area contributed by atoms with Crippen molar-refractivity contribution >= 4 is 46.6 Å². The Labute approximate surface area is 193 Å². The summed E-state index contributed by atoms with van der Waals surface area (Å²) in [4.78, 5) is 53.8.